The Bertz CT molecular complexity index is 835. The van der Waals surface area contributed by atoms with Gasteiger partial charge in [0.05, 0.1) is 38.2 Å². The molecule has 0 saturated carbocycles. The molecule has 1 aromatic heterocycles. The molecule has 3 aromatic rings. The first-order chi connectivity index (χ1) is 13.1. The third kappa shape index (κ3) is 5.65. The maximum Gasteiger partial charge on any atom is 0.0885 e. The molecule has 1 heterocycles. The van der Waals surface area contributed by atoms with E-state index in [1.165, 1.54) is 16.7 Å². The number of nitrogens with zero attached hydrogens (tertiary/aromatic N) is 3. The second-order valence-corrected chi connectivity index (χ2v) is 6.52. The molecule has 3 rings (SSSR count). The highest BCUT2D eigenvalue weighted by atomic mass is 16.7. The lowest BCUT2D eigenvalue weighted by atomic mass is 10.0. The maximum atomic E-state index is 10.1. The van der Waals surface area contributed by atoms with Crippen LogP contribution >= 0.6 is 0 Å². The molecule has 1 atom stereocenters. The molecule has 0 aliphatic rings. The van der Waals surface area contributed by atoms with Crippen LogP contribution in [-0.2, 0) is 17.9 Å². The third-order valence-corrected chi connectivity index (χ3v) is 4.34. The summed E-state index contributed by atoms with van der Waals surface area (Å²) in [6.45, 7) is 1.55. The highest BCUT2D eigenvalue weighted by Gasteiger charge is 2.10. The van der Waals surface area contributed by atoms with Crippen LogP contribution in [-0.4, -0.2) is 46.8 Å². The number of aliphatic hydroxyl groups excluding tert-OH is 1. The molecule has 0 fully saturated rings. The summed E-state index contributed by atoms with van der Waals surface area (Å²) in [4.78, 5) is 5.02. The van der Waals surface area contributed by atoms with Crippen molar-refractivity contribution in [3.63, 3.8) is 0 Å². The molecule has 0 amide bonds. The van der Waals surface area contributed by atoms with E-state index in [0.29, 0.717) is 19.6 Å². The highest BCUT2D eigenvalue weighted by molar-refractivity contribution is 5.64. The Labute approximate surface area is 160 Å². The zero-order chi connectivity index (χ0) is 19.1. The Morgan fingerprint density at radius 3 is 2.70 bits per heavy atom. The average molecular weight is 366 g/mol. The lowest BCUT2D eigenvalue weighted by Gasteiger charge is -2.17. The van der Waals surface area contributed by atoms with E-state index in [0.717, 1.165) is 5.69 Å². The van der Waals surface area contributed by atoms with Gasteiger partial charge in [0.25, 0.3) is 0 Å². The Morgan fingerprint density at radius 1 is 1.15 bits per heavy atom. The summed E-state index contributed by atoms with van der Waals surface area (Å²) in [5, 5.41) is 19.3. The summed E-state index contributed by atoms with van der Waals surface area (Å²) in [7, 11) is 3.36. The number of likely N-dealkylation sites (N-methyl/N-ethyl adjacent to an activating group) is 1. The lowest BCUT2D eigenvalue weighted by molar-refractivity contribution is -0.129. The van der Waals surface area contributed by atoms with Gasteiger partial charge < -0.3 is 15.3 Å². The van der Waals surface area contributed by atoms with E-state index in [-0.39, 0.29) is 0 Å². The number of anilines is 1. The van der Waals surface area contributed by atoms with Crippen LogP contribution < -0.4 is 5.32 Å². The Morgan fingerprint density at radius 2 is 1.93 bits per heavy atom. The van der Waals surface area contributed by atoms with Gasteiger partial charge in [0.1, 0.15) is 0 Å². The van der Waals surface area contributed by atoms with Crippen molar-refractivity contribution in [1.29, 1.82) is 0 Å². The molecule has 2 aromatic carbocycles. The van der Waals surface area contributed by atoms with E-state index >= 15 is 0 Å². The quantitative estimate of drug-likeness (QED) is 0.570. The van der Waals surface area contributed by atoms with Crippen molar-refractivity contribution >= 4 is 5.69 Å². The third-order valence-electron chi connectivity index (χ3n) is 4.34. The van der Waals surface area contributed by atoms with Gasteiger partial charge in [0.15, 0.2) is 0 Å². The van der Waals surface area contributed by atoms with E-state index in [2.05, 4.69) is 46.8 Å². The van der Waals surface area contributed by atoms with Crippen molar-refractivity contribution in [2.75, 3.05) is 26.0 Å². The number of hydrogen-bond acceptors (Lipinski definition) is 5. The fourth-order valence-electron chi connectivity index (χ4n) is 2.90. The molecule has 6 heteroatoms. The molecule has 2 N–H and O–H groups in total. The SMILES string of the molecule is CON(C)CC(O)Cn1cc(NCc2cccc(-c3ccccc3)c2)cn1. The molecule has 0 bridgehead atoms. The van der Waals surface area contributed by atoms with Crippen molar-refractivity contribution in [2.45, 2.75) is 19.2 Å². The van der Waals surface area contributed by atoms with E-state index in [9.17, 15) is 5.11 Å². The monoisotopic (exact) mass is 366 g/mol. The zero-order valence-electron chi connectivity index (χ0n) is 15.7. The minimum Gasteiger partial charge on any atom is -0.390 e. The van der Waals surface area contributed by atoms with Gasteiger partial charge in [-0.2, -0.15) is 10.2 Å². The molecular formula is C21H26N4O2. The van der Waals surface area contributed by atoms with Crippen LogP contribution in [0.4, 0.5) is 5.69 Å². The molecule has 27 heavy (non-hydrogen) atoms. The summed E-state index contributed by atoms with van der Waals surface area (Å²) < 4.78 is 1.73. The molecule has 142 valence electrons. The van der Waals surface area contributed by atoms with Crippen LogP contribution in [0.25, 0.3) is 11.1 Å². The van der Waals surface area contributed by atoms with Crippen LogP contribution in [0.3, 0.4) is 0 Å². The standard InChI is InChI=1S/C21H26N4O2/c1-24(27-2)15-21(26)16-25-14-20(13-23-25)22-12-17-7-6-10-19(11-17)18-8-4-3-5-9-18/h3-11,13-14,21-22,26H,12,15-16H2,1-2H3. The smallest absolute Gasteiger partial charge is 0.0885 e. The van der Waals surface area contributed by atoms with Crippen LogP contribution in [0.5, 0.6) is 0 Å². The van der Waals surface area contributed by atoms with Crippen LogP contribution in [0, 0.1) is 0 Å². The molecule has 0 aliphatic heterocycles. The fraction of sp³-hybridized carbons (Fsp3) is 0.286. The summed E-state index contributed by atoms with van der Waals surface area (Å²) in [5.41, 5.74) is 4.54. The van der Waals surface area contributed by atoms with Crippen LogP contribution in [0.1, 0.15) is 5.56 Å². The molecular weight excluding hydrogens is 340 g/mol. The first kappa shape index (κ1) is 19.1. The number of hydroxylamine groups is 2. The van der Waals surface area contributed by atoms with Crippen molar-refractivity contribution in [3.8, 4) is 11.1 Å². The van der Waals surface area contributed by atoms with Gasteiger partial charge >= 0.3 is 0 Å². The summed E-state index contributed by atoms with van der Waals surface area (Å²) in [5.74, 6) is 0. The van der Waals surface area contributed by atoms with Gasteiger partial charge in [0, 0.05) is 19.8 Å². The normalized spacial score (nSPS) is 12.3. The predicted molar refractivity (Wildman–Crippen MR) is 107 cm³/mol. The van der Waals surface area contributed by atoms with E-state index < -0.39 is 6.10 Å². The summed E-state index contributed by atoms with van der Waals surface area (Å²) in [6, 6.07) is 18.8. The van der Waals surface area contributed by atoms with Gasteiger partial charge in [-0.25, -0.2) is 0 Å². The number of aromatic nitrogens is 2. The number of rotatable bonds is 9. The lowest BCUT2D eigenvalue weighted by Crippen LogP contribution is -2.31. The molecule has 1 unspecified atom stereocenters. The molecule has 0 radical (unpaired) electrons. The Hall–Kier alpha value is -2.67. The van der Waals surface area contributed by atoms with E-state index in [4.69, 9.17) is 4.84 Å². The predicted octanol–water partition coefficient (Wildman–Crippen LogP) is 3.02. The van der Waals surface area contributed by atoms with Gasteiger partial charge in [-0.3, -0.25) is 4.68 Å². The largest absolute Gasteiger partial charge is 0.390 e. The average Bonchev–Trinajstić information content (AvgIpc) is 3.14. The molecule has 0 aliphatic carbocycles. The Balaban J connectivity index is 1.56. The number of aliphatic hydroxyl groups is 1. The zero-order valence-corrected chi connectivity index (χ0v) is 15.7. The Kier molecular flexibility index (Phi) is 6.59. The minimum atomic E-state index is -0.551. The maximum absolute atomic E-state index is 10.1. The van der Waals surface area contributed by atoms with Crippen molar-refractivity contribution in [1.82, 2.24) is 14.8 Å². The topological polar surface area (TPSA) is 62.6 Å². The first-order valence-corrected chi connectivity index (χ1v) is 8.98. The molecule has 6 nitrogen and oxygen atoms in total. The first-order valence-electron chi connectivity index (χ1n) is 8.98. The van der Waals surface area contributed by atoms with Gasteiger partial charge in [-0.05, 0) is 22.8 Å². The minimum absolute atomic E-state index is 0.416. The van der Waals surface area contributed by atoms with Crippen LogP contribution in [0.15, 0.2) is 67.0 Å². The second kappa shape index (κ2) is 9.32. The van der Waals surface area contributed by atoms with Crippen molar-refractivity contribution in [2.24, 2.45) is 0 Å². The number of nitrogens with one attached hydrogen (secondary N) is 1. The van der Waals surface area contributed by atoms with Gasteiger partial charge in [-0.15, -0.1) is 0 Å². The summed E-state index contributed by atoms with van der Waals surface area (Å²) >= 11 is 0. The van der Waals surface area contributed by atoms with E-state index in [1.54, 1.807) is 30.1 Å². The number of hydrogen-bond donors (Lipinski definition) is 2. The van der Waals surface area contributed by atoms with Gasteiger partial charge in [0.2, 0.25) is 0 Å². The fourth-order valence-corrected chi connectivity index (χ4v) is 2.90. The summed E-state index contributed by atoms with van der Waals surface area (Å²) in [6.07, 6.45) is 3.12. The van der Waals surface area contributed by atoms with Crippen molar-refractivity contribution < 1.29 is 9.94 Å². The van der Waals surface area contributed by atoms with Crippen molar-refractivity contribution in [3.05, 3.63) is 72.6 Å². The number of benzene rings is 2. The highest BCUT2D eigenvalue weighted by Crippen LogP contribution is 2.20. The molecule has 0 spiro atoms. The molecule has 0 saturated heterocycles. The van der Waals surface area contributed by atoms with Crippen LogP contribution in [0.2, 0.25) is 0 Å². The second-order valence-electron chi connectivity index (χ2n) is 6.52. The van der Waals surface area contributed by atoms with E-state index in [1.807, 2.05) is 24.4 Å². The van der Waals surface area contributed by atoms with Gasteiger partial charge in [-0.1, -0.05) is 48.5 Å².